The summed E-state index contributed by atoms with van der Waals surface area (Å²) < 4.78 is 0. The van der Waals surface area contributed by atoms with Crippen molar-refractivity contribution in [3.63, 3.8) is 0 Å². The van der Waals surface area contributed by atoms with Crippen molar-refractivity contribution in [2.24, 2.45) is 0 Å². The van der Waals surface area contributed by atoms with Crippen molar-refractivity contribution < 1.29 is 0 Å². The van der Waals surface area contributed by atoms with Crippen LogP contribution >= 0.6 is 0 Å². The number of nitrogens with zero attached hydrogens (tertiary/aromatic N) is 1. The van der Waals surface area contributed by atoms with Gasteiger partial charge in [-0.05, 0) is 33.8 Å². The Labute approximate surface area is 94.1 Å². The second-order valence-corrected chi connectivity index (χ2v) is 2.58. The Hall–Kier alpha value is -1.31. The summed E-state index contributed by atoms with van der Waals surface area (Å²) in [6.07, 6.45) is 9.65. The van der Waals surface area contributed by atoms with E-state index in [4.69, 9.17) is 0 Å². The molecule has 0 spiro atoms. The minimum absolute atomic E-state index is 1.03. The number of allylic oxidation sites excluding steroid dienone is 3. The zero-order chi connectivity index (χ0) is 12.1. The summed E-state index contributed by atoms with van der Waals surface area (Å²) in [5, 5.41) is 0. The molecule has 0 radical (unpaired) electrons. The molecule has 0 unspecified atom stereocenters. The number of hydrogen-bond acceptors (Lipinski definition) is 1. The Bertz CT molecular complexity index is 266. The van der Waals surface area contributed by atoms with Crippen LogP contribution in [0.3, 0.4) is 0 Å². The Balaban J connectivity index is 0. The van der Waals surface area contributed by atoms with Crippen LogP contribution in [0, 0.1) is 6.92 Å². The molecule has 86 valence electrons. The number of H-pyrrole nitrogens is 1. The third kappa shape index (κ3) is 9.01. The average molecular weight is 208 g/mol. The van der Waals surface area contributed by atoms with Gasteiger partial charge in [-0.25, -0.2) is 4.98 Å². The molecule has 0 fully saturated rings. The molecule has 0 aliphatic rings. The molecule has 0 aromatic carbocycles. The lowest BCUT2D eigenvalue weighted by Crippen LogP contribution is -1.73. The van der Waals surface area contributed by atoms with Gasteiger partial charge in [-0.15, -0.1) is 0 Å². The van der Waals surface area contributed by atoms with Gasteiger partial charge < -0.3 is 4.98 Å². The Kier molecular flexibility index (Phi) is 13.6. The van der Waals surface area contributed by atoms with E-state index in [2.05, 4.69) is 9.97 Å². The highest BCUT2D eigenvalue weighted by Gasteiger charge is 1.91. The monoisotopic (exact) mass is 208 g/mol. The Morgan fingerprint density at radius 1 is 1.07 bits per heavy atom. The van der Waals surface area contributed by atoms with Crippen LogP contribution in [-0.4, -0.2) is 9.97 Å². The number of aromatic amines is 1. The molecule has 2 heteroatoms. The van der Waals surface area contributed by atoms with Crippen LogP contribution in [0.5, 0.6) is 0 Å². The lowest BCUT2D eigenvalue weighted by atomic mass is 10.3. The molecule has 0 aliphatic heterocycles. The largest absolute Gasteiger partial charge is 0.348 e. The molecule has 0 saturated heterocycles. The number of aromatic nitrogens is 2. The molecule has 0 aliphatic carbocycles. The van der Waals surface area contributed by atoms with Crippen LogP contribution in [0.4, 0.5) is 0 Å². The van der Waals surface area contributed by atoms with Crippen molar-refractivity contribution in [2.45, 2.75) is 41.5 Å². The number of nitrogens with one attached hydrogen (secondary N) is 1. The van der Waals surface area contributed by atoms with Crippen LogP contribution in [0.2, 0.25) is 0 Å². The number of imidazole rings is 1. The topological polar surface area (TPSA) is 28.7 Å². The van der Waals surface area contributed by atoms with Gasteiger partial charge in [0.2, 0.25) is 0 Å². The maximum absolute atomic E-state index is 4.06. The first-order valence-electron chi connectivity index (χ1n) is 5.46. The maximum atomic E-state index is 4.06. The summed E-state index contributed by atoms with van der Waals surface area (Å²) in [6.45, 7) is 12.0. The predicted molar refractivity (Wildman–Crippen MR) is 69.9 cm³/mol. The molecule has 0 atom stereocenters. The van der Waals surface area contributed by atoms with Crippen molar-refractivity contribution >= 4 is 6.08 Å². The van der Waals surface area contributed by atoms with E-state index in [1.54, 1.807) is 6.33 Å². The Morgan fingerprint density at radius 3 is 1.87 bits per heavy atom. The molecule has 15 heavy (non-hydrogen) atoms. The molecule has 1 aromatic heterocycles. The molecular weight excluding hydrogens is 184 g/mol. The van der Waals surface area contributed by atoms with E-state index in [0.717, 1.165) is 11.4 Å². The van der Waals surface area contributed by atoms with Crippen LogP contribution in [-0.2, 0) is 0 Å². The highest BCUT2D eigenvalue weighted by molar-refractivity contribution is 5.45. The normalized spacial score (nSPS) is 9.47. The van der Waals surface area contributed by atoms with Gasteiger partial charge in [0.15, 0.2) is 0 Å². The second kappa shape index (κ2) is 12.7. The number of hydrogen-bond donors (Lipinski definition) is 1. The molecule has 0 amide bonds. The molecule has 1 N–H and O–H groups in total. The SMILES string of the molecule is C/C=C/C.C/C=C\c1nc[nH]c1C.CC. The molecule has 2 nitrogen and oxygen atoms in total. The van der Waals surface area contributed by atoms with Gasteiger partial charge in [-0.1, -0.05) is 32.1 Å². The summed E-state index contributed by atoms with van der Waals surface area (Å²) in [7, 11) is 0. The molecule has 1 aromatic rings. The fraction of sp³-hybridized carbons (Fsp3) is 0.462. The van der Waals surface area contributed by atoms with Gasteiger partial charge in [0.05, 0.1) is 12.0 Å². The van der Waals surface area contributed by atoms with Gasteiger partial charge in [-0.3, -0.25) is 0 Å². The highest BCUT2D eigenvalue weighted by Crippen LogP contribution is 2.01. The van der Waals surface area contributed by atoms with Gasteiger partial charge in [0, 0.05) is 5.69 Å². The van der Waals surface area contributed by atoms with Gasteiger partial charge >= 0.3 is 0 Å². The van der Waals surface area contributed by atoms with E-state index in [0.29, 0.717) is 0 Å². The summed E-state index contributed by atoms with van der Waals surface area (Å²) in [5.74, 6) is 0. The number of aryl methyl sites for hydroxylation is 1. The average Bonchev–Trinajstić information content (AvgIpc) is 2.68. The number of rotatable bonds is 1. The quantitative estimate of drug-likeness (QED) is 0.682. The molecule has 1 heterocycles. The zero-order valence-electron chi connectivity index (χ0n) is 10.8. The van der Waals surface area contributed by atoms with Crippen molar-refractivity contribution in [2.75, 3.05) is 0 Å². The molecular formula is C13H24N2. The van der Waals surface area contributed by atoms with E-state index < -0.39 is 0 Å². The third-order valence-corrected chi connectivity index (χ3v) is 1.53. The highest BCUT2D eigenvalue weighted by atomic mass is 14.9. The fourth-order valence-corrected chi connectivity index (χ4v) is 0.695. The lowest BCUT2D eigenvalue weighted by Gasteiger charge is -1.83. The van der Waals surface area contributed by atoms with Gasteiger partial charge in [0.25, 0.3) is 0 Å². The van der Waals surface area contributed by atoms with E-state index in [1.165, 1.54) is 0 Å². The predicted octanol–water partition coefficient (Wildman–Crippen LogP) is 4.36. The third-order valence-electron chi connectivity index (χ3n) is 1.53. The standard InChI is InChI=1S/C7H10N2.C4H8.C2H6/c1-3-4-7-6(2)8-5-9-7;1-3-4-2;1-2/h3-5H,1-2H3,(H,8,9);3-4H,1-2H3;1-2H3/b4-3-;4-3+;. The van der Waals surface area contributed by atoms with Crippen LogP contribution in [0.25, 0.3) is 6.08 Å². The van der Waals surface area contributed by atoms with Crippen LogP contribution in [0.15, 0.2) is 24.6 Å². The smallest absolute Gasteiger partial charge is 0.0929 e. The first-order valence-corrected chi connectivity index (χ1v) is 5.46. The van der Waals surface area contributed by atoms with Gasteiger partial charge in [-0.2, -0.15) is 0 Å². The van der Waals surface area contributed by atoms with Gasteiger partial charge in [0.1, 0.15) is 0 Å². The van der Waals surface area contributed by atoms with Crippen LogP contribution < -0.4 is 0 Å². The van der Waals surface area contributed by atoms with E-state index >= 15 is 0 Å². The summed E-state index contributed by atoms with van der Waals surface area (Å²) in [6, 6.07) is 0. The molecule has 0 bridgehead atoms. The van der Waals surface area contributed by atoms with Crippen LogP contribution in [0.1, 0.15) is 46.0 Å². The summed E-state index contributed by atoms with van der Waals surface area (Å²) in [5.41, 5.74) is 2.14. The minimum Gasteiger partial charge on any atom is -0.348 e. The van der Waals surface area contributed by atoms with Crippen molar-refractivity contribution in [1.29, 1.82) is 0 Å². The summed E-state index contributed by atoms with van der Waals surface area (Å²) in [4.78, 5) is 7.05. The first-order chi connectivity index (χ1) is 7.26. The molecule has 1 rings (SSSR count). The summed E-state index contributed by atoms with van der Waals surface area (Å²) >= 11 is 0. The van der Waals surface area contributed by atoms with E-state index in [9.17, 15) is 0 Å². The maximum Gasteiger partial charge on any atom is 0.0929 e. The van der Waals surface area contributed by atoms with Crippen molar-refractivity contribution in [3.05, 3.63) is 35.9 Å². The van der Waals surface area contributed by atoms with E-state index in [-0.39, 0.29) is 0 Å². The van der Waals surface area contributed by atoms with E-state index in [1.807, 2.05) is 65.8 Å². The minimum atomic E-state index is 1.03. The zero-order valence-corrected chi connectivity index (χ0v) is 10.8. The van der Waals surface area contributed by atoms with Crippen molar-refractivity contribution in [1.82, 2.24) is 9.97 Å². The fourth-order valence-electron chi connectivity index (χ4n) is 0.695. The van der Waals surface area contributed by atoms with Crippen molar-refractivity contribution in [3.8, 4) is 0 Å². The Morgan fingerprint density at radius 2 is 1.60 bits per heavy atom. The lowest BCUT2D eigenvalue weighted by molar-refractivity contribution is 1.25. The second-order valence-electron chi connectivity index (χ2n) is 2.58. The molecule has 0 saturated carbocycles. The first kappa shape index (κ1) is 16.1.